The van der Waals surface area contributed by atoms with Crippen LogP contribution in [0.5, 0.6) is 11.5 Å². The number of ether oxygens (including phenoxy) is 1. The lowest BCUT2D eigenvalue weighted by Crippen LogP contribution is -2.14. The molecule has 3 aromatic carbocycles. The van der Waals surface area contributed by atoms with Crippen molar-refractivity contribution in [3.63, 3.8) is 0 Å². The second kappa shape index (κ2) is 8.93. The van der Waals surface area contributed by atoms with E-state index in [0.717, 1.165) is 4.90 Å². The fourth-order valence-electron chi connectivity index (χ4n) is 3.25. The van der Waals surface area contributed by atoms with Gasteiger partial charge >= 0.3 is 0 Å². The average molecular weight is 440 g/mol. The fourth-order valence-corrected chi connectivity index (χ4v) is 6.88. The molecule has 0 saturated carbocycles. The molecule has 5 nitrogen and oxygen atoms in total. The number of rotatable bonds is 6. The minimum absolute atomic E-state index is 0.0217. The van der Waals surface area contributed by atoms with Crippen molar-refractivity contribution in [2.24, 2.45) is 0 Å². The number of anilines is 1. The number of benzene rings is 3. The molecule has 0 unspecified atom stereocenters. The summed E-state index contributed by atoms with van der Waals surface area (Å²) in [6.07, 6.45) is 0.613. The Balaban J connectivity index is 1.47. The summed E-state index contributed by atoms with van der Waals surface area (Å²) in [7, 11) is -2.96. The molecule has 1 aliphatic heterocycles. The Labute approximate surface area is 180 Å². The predicted octanol–water partition coefficient (Wildman–Crippen LogP) is 5.01. The van der Waals surface area contributed by atoms with E-state index in [-0.39, 0.29) is 22.7 Å². The first-order valence-corrected chi connectivity index (χ1v) is 12.3. The normalized spacial score (nSPS) is 17.4. The van der Waals surface area contributed by atoms with Crippen LogP contribution in [0.15, 0.2) is 83.8 Å². The highest BCUT2D eigenvalue weighted by molar-refractivity contribution is 8.02. The van der Waals surface area contributed by atoms with Crippen LogP contribution in [0.1, 0.15) is 16.8 Å². The van der Waals surface area contributed by atoms with Gasteiger partial charge < -0.3 is 10.1 Å². The largest absolute Gasteiger partial charge is 0.457 e. The predicted molar refractivity (Wildman–Crippen MR) is 120 cm³/mol. The van der Waals surface area contributed by atoms with Gasteiger partial charge in [0.15, 0.2) is 9.84 Å². The maximum Gasteiger partial charge on any atom is 0.256 e. The lowest BCUT2D eigenvalue weighted by atomic mass is 10.2. The van der Waals surface area contributed by atoms with Crippen LogP contribution in [0.25, 0.3) is 0 Å². The molecule has 1 saturated heterocycles. The molecule has 1 aliphatic rings. The van der Waals surface area contributed by atoms with E-state index >= 15 is 0 Å². The number of amides is 1. The topological polar surface area (TPSA) is 72.5 Å². The zero-order chi connectivity index (χ0) is 21.0. The first-order valence-electron chi connectivity index (χ1n) is 9.59. The van der Waals surface area contributed by atoms with Gasteiger partial charge in [-0.25, -0.2) is 8.42 Å². The number of hydrogen-bond acceptors (Lipinski definition) is 5. The van der Waals surface area contributed by atoms with Gasteiger partial charge in [0.25, 0.3) is 5.91 Å². The van der Waals surface area contributed by atoms with Crippen molar-refractivity contribution in [1.82, 2.24) is 0 Å². The van der Waals surface area contributed by atoms with Crippen LogP contribution in [0.4, 0.5) is 5.69 Å². The molecule has 1 heterocycles. The monoisotopic (exact) mass is 439 g/mol. The van der Waals surface area contributed by atoms with E-state index in [4.69, 9.17) is 4.74 Å². The van der Waals surface area contributed by atoms with Gasteiger partial charge in [-0.15, -0.1) is 11.8 Å². The summed E-state index contributed by atoms with van der Waals surface area (Å²) < 4.78 is 29.3. The Hall–Kier alpha value is -2.77. The second-order valence-electron chi connectivity index (χ2n) is 7.04. The summed E-state index contributed by atoms with van der Waals surface area (Å²) >= 11 is 1.46. The molecule has 1 atom stereocenters. The van der Waals surface area contributed by atoms with Gasteiger partial charge in [0.05, 0.1) is 17.1 Å². The lowest BCUT2D eigenvalue weighted by molar-refractivity contribution is 0.102. The highest BCUT2D eigenvalue weighted by Crippen LogP contribution is 2.33. The smallest absolute Gasteiger partial charge is 0.256 e. The van der Waals surface area contributed by atoms with E-state index < -0.39 is 9.84 Å². The molecule has 30 heavy (non-hydrogen) atoms. The Kier molecular flexibility index (Phi) is 6.11. The molecule has 1 amide bonds. The molecule has 7 heteroatoms. The fraction of sp³-hybridized carbons (Fsp3) is 0.174. The van der Waals surface area contributed by atoms with Gasteiger partial charge in [0.2, 0.25) is 0 Å². The maximum absolute atomic E-state index is 12.9. The third-order valence-corrected chi connectivity index (χ3v) is 8.01. The third kappa shape index (κ3) is 5.23. The van der Waals surface area contributed by atoms with Gasteiger partial charge in [-0.1, -0.05) is 36.4 Å². The molecule has 154 valence electrons. The number of carbonyl (C=O) groups is 1. The van der Waals surface area contributed by atoms with Gasteiger partial charge in [-0.3, -0.25) is 4.79 Å². The summed E-state index contributed by atoms with van der Waals surface area (Å²) in [6.45, 7) is 0. The van der Waals surface area contributed by atoms with Gasteiger partial charge in [-0.05, 0) is 42.8 Å². The average Bonchev–Trinajstić information content (AvgIpc) is 3.07. The van der Waals surface area contributed by atoms with Crippen molar-refractivity contribution in [1.29, 1.82) is 0 Å². The molecule has 0 radical (unpaired) electrons. The van der Waals surface area contributed by atoms with Crippen LogP contribution < -0.4 is 10.1 Å². The zero-order valence-electron chi connectivity index (χ0n) is 16.2. The Morgan fingerprint density at radius 1 is 0.933 bits per heavy atom. The van der Waals surface area contributed by atoms with E-state index in [1.165, 1.54) is 11.8 Å². The number of carbonyl (C=O) groups excluding carboxylic acids is 1. The molecular formula is C23H21NO4S2. The maximum atomic E-state index is 12.9. The molecule has 4 rings (SSSR count). The number of para-hydroxylation sites is 1. The van der Waals surface area contributed by atoms with Crippen LogP contribution in [-0.4, -0.2) is 31.1 Å². The molecule has 1 N–H and O–H groups in total. The SMILES string of the molecule is O=C(Nc1cccc(Oc2ccccc2)c1)c1ccccc1S[C@H]1CCS(=O)(=O)C1. The van der Waals surface area contributed by atoms with Crippen LogP contribution in [0.3, 0.4) is 0 Å². The zero-order valence-corrected chi connectivity index (χ0v) is 17.8. The summed E-state index contributed by atoms with van der Waals surface area (Å²) in [4.78, 5) is 13.7. The Morgan fingerprint density at radius 2 is 1.67 bits per heavy atom. The Bertz CT molecular complexity index is 1150. The Morgan fingerprint density at radius 3 is 2.43 bits per heavy atom. The minimum atomic E-state index is -2.96. The highest BCUT2D eigenvalue weighted by Gasteiger charge is 2.29. The molecule has 1 fully saturated rings. The van der Waals surface area contributed by atoms with Gasteiger partial charge in [0, 0.05) is 21.9 Å². The molecular weight excluding hydrogens is 418 g/mol. The van der Waals surface area contributed by atoms with E-state index in [1.807, 2.05) is 54.6 Å². The van der Waals surface area contributed by atoms with E-state index in [1.54, 1.807) is 24.3 Å². The molecule has 0 bridgehead atoms. The van der Waals surface area contributed by atoms with Crippen LogP contribution in [-0.2, 0) is 9.84 Å². The first-order chi connectivity index (χ1) is 14.5. The van der Waals surface area contributed by atoms with Crippen molar-refractivity contribution in [3.8, 4) is 11.5 Å². The second-order valence-corrected chi connectivity index (χ2v) is 10.6. The molecule has 0 aliphatic carbocycles. The standard InChI is InChI=1S/C23H21NO4S2/c25-23(21-11-4-5-12-22(21)29-20-13-14-30(26,27)16-20)24-17-7-6-10-19(15-17)28-18-8-2-1-3-9-18/h1-12,15,20H,13-14,16H2,(H,24,25)/t20-/m0/s1. The molecule has 0 spiro atoms. The van der Waals surface area contributed by atoms with Crippen molar-refractivity contribution in [3.05, 3.63) is 84.4 Å². The molecule has 0 aromatic heterocycles. The lowest BCUT2D eigenvalue weighted by Gasteiger charge is -2.13. The van der Waals surface area contributed by atoms with Crippen LogP contribution >= 0.6 is 11.8 Å². The number of nitrogens with one attached hydrogen (secondary N) is 1. The number of thioether (sulfide) groups is 1. The number of sulfone groups is 1. The number of hydrogen-bond donors (Lipinski definition) is 1. The van der Waals surface area contributed by atoms with E-state index in [2.05, 4.69) is 5.32 Å². The molecule has 3 aromatic rings. The summed E-state index contributed by atoms with van der Waals surface area (Å²) in [5.41, 5.74) is 1.15. The first kappa shape index (κ1) is 20.5. The van der Waals surface area contributed by atoms with Crippen molar-refractivity contribution in [2.75, 3.05) is 16.8 Å². The summed E-state index contributed by atoms with van der Waals surface area (Å²) in [5, 5.41) is 2.89. The van der Waals surface area contributed by atoms with Crippen molar-refractivity contribution < 1.29 is 17.9 Å². The van der Waals surface area contributed by atoms with Crippen LogP contribution in [0.2, 0.25) is 0 Å². The van der Waals surface area contributed by atoms with Crippen molar-refractivity contribution in [2.45, 2.75) is 16.6 Å². The van der Waals surface area contributed by atoms with Crippen LogP contribution in [0, 0.1) is 0 Å². The van der Waals surface area contributed by atoms with Crippen molar-refractivity contribution >= 4 is 33.2 Å². The highest BCUT2D eigenvalue weighted by atomic mass is 32.2. The minimum Gasteiger partial charge on any atom is -0.457 e. The van der Waals surface area contributed by atoms with E-state index in [0.29, 0.717) is 29.2 Å². The third-order valence-electron chi connectivity index (χ3n) is 4.69. The van der Waals surface area contributed by atoms with E-state index in [9.17, 15) is 13.2 Å². The van der Waals surface area contributed by atoms with Gasteiger partial charge in [-0.2, -0.15) is 0 Å². The summed E-state index contributed by atoms with van der Waals surface area (Å²) in [5.74, 6) is 1.47. The quantitative estimate of drug-likeness (QED) is 0.584. The van der Waals surface area contributed by atoms with Gasteiger partial charge in [0.1, 0.15) is 11.5 Å². The summed E-state index contributed by atoms with van der Waals surface area (Å²) in [6, 6.07) is 23.9.